The van der Waals surface area contributed by atoms with Gasteiger partial charge in [-0.1, -0.05) is 0 Å². The van der Waals surface area contributed by atoms with Crippen molar-refractivity contribution in [2.75, 3.05) is 30.9 Å². The van der Waals surface area contributed by atoms with E-state index >= 15 is 0 Å². The van der Waals surface area contributed by atoms with Crippen LogP contribution >= 0.6 is 23.1 Å². The first-order valence-corrected chi connectivity index (χ1v) is 8.26. The number of hydrogen-bond acceptors (Lipinski definition) is 5. The third-order valence-electron chi connectivity index (χ3n) is 2.78. The van der Waals surface area contributed by atoms with Crippen LogP contribution in [0, 0.1) is 0 Å². The average molecular weight is 273 g/mol. The fourth-order valence-electron chi connectivity index (χ4n) is 1.52. The van der Waals surface area contributed by atoms with Crippen molar-refractivity contribution in [3.8, 4) is 0 Å². The van der Waals surface area contributed by atoms with Gasteiger partial charge in [-0.2, -0.15) is 11.8 Å². The van der Waals surface area contributed by atoms with Gasteiger partial charge in [0, 0.05) is 30.2 Å². The number of aromatic nitrogens is 1. The lowest BCUT2D eigenvalue weighted by Crippen LogP contribution is -2.28. The van der Waals surface area contributed by atoms with Crippen LogP contribution < -0.4 is 5.32 Å². The van der Waals surface area contributed by atoms with E-state index in [4.69, 9.17) is 0 Å². The van der Waals surface area contributed by atoms with Crippen LogP contribution in [0.1, 0.15) is 25.1 Å². The topological polar surface area (TPSA) is 28.2 Å². The molecule has 0 spiro atoms. The zero-order chi connectivity index (χ0) is 12.7. The summed E-state index contributed by atoms with van der Waals surface area (Å²) in [5.74, 6) is 1.23. The van der Waals surface area contributed by atoms with Gasteiger partial charge in [0.2, 0.25) is 0 Å². The number of thiazole rings is 1. The third kappa shape index (κ3) is 5.27. The molecule has 1 heterocycles. The minimum atomic E-state index is 0.632. The van der Waals surface area contributed by atoms with Crippen LogP contribution in [0.2, 0.25) is 0 Å². The zero-order valence-electron chi connectivity index (χ0n) is 11.2. The second kappa shape index (κ2) is 7.95. The maximum absolute atomic E-state index is 4.36. The number of rotatable bonds is 8. The lowest BCUT2D eigenvalue weighted by molar-refractivity contribution is 0.247. The number of nitrogens with zero attached hydrogens (tertiary/aromatic N) is 2. The van der Waals surface area contributed by atoms with E-state index in [1.54, 1.807) is 11.3 Å². The van der Waals surface area contributed by atoms with E-state index in [9.17, 15) is 0 Å². The Morgan fingerprint density at radius 2 is 2.35 bits per heavy atom. The van der Waals surface area contributed by atoms with Gasteiger partial charge in [0.05, 0.1) is 0 Å². The van der Waals surface area contributed by atoms with Gasteiger partial charge in [-0.3, -0.25) is 4.90 Å². The van der Waals surface area contributed by atoms with Crippen molar-refractivity contribution >= 4 is 28.2 Å². The molecule has 1 aromatic heterocycles. The van der Waals surface area contributed by atoms with E-state index in [2.05, 4.69) is 42.4 Å². The van der Waals surface area contributed by atoms with Gasteiger partial charge in [-0.25, -0.2) is 4.98 Å². The van der Waals surface area contributed by atoms with Crippen molar-refractivity contribution in [2.45, 2.75) is 32.9 Å². The van der Waals surface area contributed by atoms with Crippen LogP contribution in [0.4, 0.5) is 5.13 Å². The molecule has 0 bridgehead atoms. The first-order valence-electron chi connectivity index (χ1n) is 6.05. The molecule has 0 aliphatic carbocycles. The summed E-state index contributed by atoms with van der Waals surface area (Å²) in [6.07, 6.45) is 5.40. The molecule has 1 aromatic rings. The number of anilines is 1. The summed E-state index contributed by atoms with van der Waals surface area (Å²) < 4.78 is 0. The SMILES string of the molecule is CCNc1ncc(CN(C)C(C)CCSC)s1. The van der Waals surface area contributed by atoms with Crippen molar-refractivity contribution in [3.05, 3.63) is 11.1 Å². The summed E-state index contributed by atoms with van der Waals surface area (Å²) in [5.41, 5.74) is 0. The van der Waals surface area contributed by atoms with Crippen LogP contribution in [0.3, 0.4) is 0 Å². The quantitative estimate of drug-likeness (QED) is 0.787. The summed E-state index contributed by atoms with van der Waals surface area (Å²) in [4.78, 5) is 8.09. The minimum Gasteiger partial charge on any atom is -0.362 e. The summed E-state index contributed by atoms with van der Waals surface area (Å²) >= 11 is 3.68. The molecule has 98 valence electrons. The first kappa shape index (κ1) is 14.8. The Balaban J connectivity index is 2.40. The molecule has 0 saturated heterocycles. The molecule has 0 saturated carbocycles. The third-order valence-corrected chi connectivity index (χ3v) is 4.36. The average Bonchev–Trinajstić information content (AvgIpc) is 2.74. The van der Waals surface area contributed by atoms with Crippen molar-refractivity contribution < 1.29 is 0 Å². The standard InChI is InChI=1S/C12H23N3S2/c1-5-13-12-14-8-11(17-12)9-15(3)10(2)6-7-16-4/h8,10H,5-7,9H2,1-4H3,(H,13,14). The van der Waals surface area contributed by atoms with Crippen LogP contribution in [0.5, 0.6) is 0 Å². The first-order chi connectivity index (χ1) is 8.17. The molecule has 3 nitrogen and oxygen atoms in total. The molecular formula is C12H23N3S2. The second-order valence-corrected chi connectivity index (χ2v) is 6.31. The maximum Gasteiger partial charge on any atom is 0.182 e. The number of hydrogen-bond donors (Lipinski definition) is 1. The summed E-state index contributed by atoms with van der Waals surface area (Å²) in [7, 11) is 2.19. The van der Waals surface area contributed by atoms with E-state index in [0.29, 0.717) is 6.04 Å². The zero-order valence-corrected chi connectivity index (χ0v) is 12.8. The smallest absolute Gasteiger partial charge is 0.182 e. The van der Waals surface area contributed by atoms with E-state index in [-0.39, 0.29) is 0 Å². The molecule has 5 heteroatoms. The largest absolute Gasteiger partial charge is 0.362 e. The molecule has 0 aliphatic rings. The van der Waals surface area contributed by atoms with E-state index in [1.807, 2.05) is 18.0 Å². The highest BCUT2D eigenvalue weighted by atomic mass is 32.2. The Kier molecular flexibility index (Phi) is 6.92. The second-order valence-electron chi connectivity index (χ2n) is 4.21. The molecule has 0 aromatic carbocycles. The summed E-state index contributed by atoms with van der Waals surface area (Å²) in [6.45, 7) is 6.33. The molecule has 0 radical (unpaired) electrons. The van der Waals surface area contributed by atoms with Crippen LogP contribution in [-0.4, -0.2) is 41.5 Å². The Bertz CT molecular complexity index is 314. The predicted molar refractivity (Wildman–Crippen MR) is 80.2 cm³/mol. The molecule has 1 atom stereocenters. The van der Waals surface area contributed by atoms with Crippen molar-refractivity contribution in [2.24, 2.45) is 0 Å². The van der Waals surface area contributed by atoms with Crippen LogP contribution in [-0.2, 0) is 6.54 Å². The van der Waals surface area contributed by atoms with E-state index in [0.717, 1.165) is 18.2 Å². The molecule has 0 amide bonds. The fourth-order valence-corrected chi connectivity index (χ4v) is 3.04. The van der Waals surface area contributed by atoms with Crippen LogP contribution in [0.25, 0.3) is 0 Å². The van der Waals surface area contributed by atoms with Gasteiger partial charge in [0.25, 0.3) is 0 Å². The Labute approximate surface area is 113 Å². The molecular weight excluding hydrogens is 250 g/mol. The van der Waals surface area contributed by atoms with Crippen LogP contribution in [0.15, 0.2) is 6.20 Å². The molecule has 0 aliphatic heterocycles. The Hall–Kier alpha value is -0.260. The molecule has 0 fully saturated rings. The fraction of sp³-hybridized carbons (Fsp3) is 0.750. The molecule has 1 rings (SSSR count). The highest BCUT2D eigenvalue weighted by Gasteiger charge is 2.10. The van der Waals surface area contributed by atoms with Gasteiger partial charge in [0.15, 0.2) is 5.13 Å². The predicted octanol–water partition coefficient (Wildman–Crippen LogP) is 3.15. The molecule has 1 N–H and O–H groups in total. The molecule has 1 unspecified atom stereocenters. The normalized spacial score (nSPS) is 13.0. The summed E-state index contributed by atoms with van der Waals surface area (Å²) in [6, 6.07) is 0.632. The maximum atomic E-state index is 4.36. The van der Waals surface area contributed by atoms with Crippen molar-refractivity contribution in [1.82, 2.24) is 9.88 Å². The summed E-state index contributed by atoms with van der Waals surface area (Å²) in [5, 5.41) is 4.29. The Morgan fingerprint density at radius 3 is 3.00 bits per heavy atom. The lowest BCUT2D eigenvalue weighted by atomic mass is 10.2. The van der Waals surface area contributed by atoms with Gasteiger partial charge >= 0.3 is 0 Å². The van der Waals surface area contributed by atoms with Gasteiger partial charge in [-0.05, 0) is 39.3 Å². The monoisotopic (exact) mass is 273 g/mol. The Morgan fingerprint density at radius 1 is 1.59 bits per heavy atom. The number of thioether (sulfide) groups is 1. The van der Waals surface area contributed by atoms with Crippen molar-refractivity contribution in [3.63, 3.8) is 0 Å². The van der Waals surface area contributed by atoms with Gasteiger partial charge in [0.1, 0.15) is 0 Å². The van der Waals surface area contributed by atoms with Gasteiger partial charge in [-0.15, -0.1) is 11.3 Å². The molecule has 17 heavy (non-hydrogen) atoms. The minimum absolute atomic E-state index is 0.632. The van der Waals surface area contributed by atoms with Gasteiger partial charge < -0.3 is 5.32 Å². The van der Waals surface area contributed by atoms with E-state index in [1.165, 1.54) is 17.1 Å². The lowest BCUT2D eigenvalue weighted by Gasteiger charge is -2.23. The highest BCUT2D eigenvalue weighted by Crippen LogP contribution is 2.20. The highest BCUT2D eigenvalue weighted by molar-refractivity contribution is 7.98. The van der Waals surface area contributed by atoms with Crippen molar-refractivity contribution in [1.29, 1.82) is 0 Å². The number of nitrogens with one attached hydrogen (secondary N) is 1. The van der Waals surface area contributed by atoms with E-state index < -0.39 is 0 Å².